The van der Waals surface area contributed by atoms with Crippen molar-refractivity contribution in [3.05, 3.63) is 24.5 Å². The standard InChI is InChI=1S/C18H23N7/c1-11(2)25-10-21-14-7-20-17(6-15(14)25)22-16-3-4-19-18(23-16)24-8-12-5-13(12)9-24/h3-4,6-7,11-13,21H,5,8-10H2,1-2H3,(H,19,20,22,23). The summed E-state index contributed by atoms with van der Waals surface area (Å²) in [6.45, 7) is 7.41. The van der Waals surface area contributed by atoms with Crippen molar-refractivity contribution in [1.29, 1.82) is 0 Å². The Bertz CT molecular complexity index is 796. The second-order valence-corrected chi connectivity index (χ2v) is 7.51. The molecule has 0 spiro atoms. The van der Waals surface area contributed by atoms with Crippen molar-refractivity contribution in [3.8, 4) is 0 Å². The van der Waals surface area contributed by atoms with Gasteiger partial charge in [-0.2, -0.15) is 4.98 Å². The smallest absolute Gasteiger partial charge is 0.227 e. The molecule has 2 aromatic heterocycles. The molecule has 25 heavy (non-hydrogen) atoms. The minimum atomic E-state index is 0.441. The molecule has 5 rings (SSSR count). The van der Waals surface area contributed by atoms with E-state index in [1.165, 1.54) is 12.1 Å². The number of pyridine rings is 1. The Labute approximate surface area is 147 Å². The van der Waals surface area contributed by atoms with E-state index in [-0.39, 0.29) is 0 Å². The van der Waals surface area contributed by atoms with Crippen LogP contribution in [0.25, 0.3) is 0 Å². The molecule has 130 valence electrons. The fourth-order valence-electron chi connectivity index (χ4n) is 3.87. The second kappa shape index (κ2) is 5.47. The summed E-state index contributed by atoms with van der Waals surface area (Å²) in [6.07, 6.45) is 5.09. The van der Waals surface area contributed by atoms with Crippen molar-refractivity contribution in [1.82, 2.24) is 15.0 Å². The summed E-state index contributed by atoms with van der Waals surface area (Å²) in [5, 5.41) is 6.72. The summed E-state index contributed by atoms with van der Waals surface area (Å²) in [7, 11) is 0. The van der Waals surface area contributed by atoms with Crippen LogP contribution in [-0.4, -0.2) is 40.8 Å². The predicted molar refractivity (Wildman–Crippen MR) is 99.5 cm³/mol. The molecule has 7 heteroatoms. The Hall–Kier alpha value is -2.57. The average molecular weight is 337 g/mol. The van der Waals surface area contributed by atoms with Gasteiger partial charge in [-0.05, 0) is 38.2 Å². The molecule has 0 radical (unpaired) electrons. The van der Waals surface area contributed by atoms with Crippen molar-refractivity contribution in [2.24, 2.45) is 11.8 Å². The van der Waals surface area contributed by atoms with Gasteiger partial charge in [-0.1, -0.05) is 0 Å². The van der Waals surface area contributed by atoms with Crippen LogP contribution in [0.2, 0.25) is 0 Å². The molecule has 2 aromatic rings. The zero-order valence-corrected chi connectivity index (χ0v) is 14.6. The van der Waals surface area contributed by atoms with E-state index in [2.05, 4.69) is 55.3 Å². The van der Waals surface area contributed by atoms with Gasteiger partial charge in [0.25, 0.3) is 0 Å². The fourth-order valence-corrected chi connectivity index (χ4v) is 3.87. The van der Waals surface area contributed by atoms with Crippen molar-refractivity contribution in [2.45, 2.75) is 26.3 Å². The molecule has 2 N–H and O–H groups in total. The van der Waals surface area contributed by atoms with Gasteiger partial charge in [0.05, 0.1) is 24.2 Å². The van der Waals surface area contributed by atoms with E-state index >= 15 is 0 Å². The third-order valence-corrected chi connectivity index (χ3v) is 5.42. The minimum absolute atomic E-state index is 0.441. The lowest BCUT2D eigenvalue weighted by molar-refractivity contribution is 0.727. The van der Waals surface area contributed by atoms with Crippen LogP contribution in [0.3, 0.4) is 0 Å². The lowest BCUT2D eigenvalue weighted by Crippen LogP contribution is -2.30. The van der Waals surface area contributed by atoms with E-state index in [0.717, 1.165) is 54.9 Å². The number of nitrogens with zero attached hydrogens (tertiary/aromatic N) is 5. The predicted octanol–water partition coefficient (Wildman–Crippen LogP) is 2.67. The molecular weight excluding hydrogens is 314 g/mol. The summed E-state index contributed by atoms with van der Waals surface area (Å²) < 4.78 is 0. The van der Waals surface area contributed by atoms with Gasteiger partial charge in [0.1, 0.15) is 11.6 Å². The number of piperidine rings is 1. The SMILES string of the molecule is CC(C)N1CNc2cnc(Nc3ccnc(N4CC5CC5C4)n3)cc21. The molecule has 2 atom stereocenters. The van der Waals surface area contributed by atoms with E-state index in [4.69, 9.17) is 0 Å². The van der Waals surface area contributed by atoms with Gasteiger partial charge < -0.3 is 20.4 Å². The molecule has 0 amide bonds. The first-order valence-corrected chi connectivity index (χ1v) is 9.03. The molecule has 1 saturated carbocycles. The minimum Gasteiger partial charge on any atom is -0.365 e. The lowest BCUT2D eigenvalue weighted by atomic mass is 10.2. The number of fused-ring (bicyclic) bond motifs is 2. The first-order valence-electron chi connectivity index (χ1n) is 9.03. The van der Waals surface area contributed by atoms with Gasteiger partial charge in [-0.15, -0.1) is 0 Å². The summed E-state index contributed by atoms with van der Waals surface area (Å²) >= 11 is 0. The van der Waals surface area contributed by atoms with Gasteiger partial charge >= 0.3 is 0 Å². The summed E-state index contributed by atoms with van der Waals surface area (Å²) in [5.74, 6) is 4.16. The number of hydrogen-bond acceptors (Lipinski definition) is 7. The lowest BCUT2D eigenvalue weighted by Gasteiger charge is -2.22. The molecule has 2 fully saturated rings. The van der Waals surface area contributed by atoms with Crippen molar-refractivity contribution < 1.29 is 0 Å². The van der Waals surface area contributed by atoms with Crippen LogP contribution < -0.4 is 20.4 Å². The van der Waals surface area contributed by atoms with Crippen LogP contribution in [0.1, 0.15) is 20.3 Å². The molecule has 3 aliphatic rings. The van der Waals surface area contributed by atoms with Crippen LogP contribution in [-0.2, 0) is 0 Å². The van der Waals surface area contributed by atoms with E-state index < -0.39 is 0 Å². The van der Waals surface area contributed by atoms with Crippen LogP contribution >= 0.6 is 0 Å². The van der Waals surface area contributed by atoms with Gasteiger partial charge in [0.2, 0.25) is 5.95 Å². The van der Waals surface area contributed by atoms with Gasteiger partial charge in [0, 0.05) is 31.4 Å². The molecule has 4 heterocycles. The zero-order valence-electron chi connectivity index (χ0n) is 14.6. The van der Waals surface area contributed by atoms with Crippen LogP contribution in [0.15, 0.2) is 24.5 Å². The van der Waals surface area contributed by atoms with E-state index in [0.29, 0.717) is 6.04 Å². The van der Waals surface area contributed by atoms with E-state index in [1.807, 2.05) is 18.5 Å². The summed E-state index contributed by atoms with van der Waals surface area (Å²) in [6, 6.07) is 4.42. The highest BCUT2D eigenvalue weighted by Crippen LogP contribution is 2.45. The number of rotatable bonds is 4. The van der Waals surface area contributed by atoms with Gasteiger partial charge in [-0.3, -0.25) is 0 Å². The molecule has 1 aliphatic carbocycles. The Morgan fingerprint density at radius 1 is 1.20 bits per heavy atom. The Kier molecular flexibility index (Phi) is 3.23. The Balaban J connectivity index is 1.36. The quantitative estimate of drug-likeness (QED) is 0.889. The number of nitrogens with one attached hydrogen (secondary N) is 2. The maximum absolute atomic E-state index is 4.69. The first-order chi connectivity index (χ1) is 12.2. The molecule has 7 nitrogen and oxygen atoms in total. The van der Waals surface area contributed by atoms with E-state index in [9.17, 15) is 0 Å². The molecule has 2 unspecified atom stereocenters. The number of hydrogen-bond donors (Lipinski definition) is 2. The highest BCUT2D eigenvalue weighted by atomic mass is 15.3. The Morgan fingerprint density at radius 2 is 2.04 bits per heavy atom. The fraction of sp³-hybridized carbons (Fsp3) is 0.500. The monoisotopic (exact) mass is 337 g/mol. The van der Waals surface area contributed by atoms with Crippen LogP contribution in [0.5, 0.6) is 0 Å². The molecule has 0 bridgehead atoms. The largest absolute Gasteiger partial charge is 0.365 e. The first kappa shape index (κ1) is 14.7. The van der Waals surface area contributed by atoms with Crippen molar-refractivity contribution in [3.63, 3.8) is 0 Å². The van der Waals surface area contributed by atoms with Crippen molar-refractivity contribution >= 4 is 29.0 Å². The second-order valence-electron chi connectivity index (χ2n) is 7.51. The Morgan fingerprint density at radius 3 is 2.84 bits per heavy atom. The van der Waals surface area contributed by atoms with Gasteiger partial charge in [0.15, 0.2) is 0 Å². The number of anilines is 5. The third-order valence-electron chi connectivity index (χ3n) is 5.42. The third kappa shape index (κ3) is 2.63. The van der Waals surface area contributed by atoms with Crippen molar-refractivity contribution in [2.75, 3.05) is 40.2 Å². The summed E-state index contributed by atoms with van der Waals surface area (Å²) in [4.78, 5) is 18.3. The maximum atomic E-state index is 4.69. The van der Waals surface area contributed by atoms with Crippen LogP contribution in [0.4, 0.5) is 29.0 Å². The molecule has 0 aromatic carbocycles. The van der Waals surface area contributed by atoms with Crippen LogP contribution in [0, 0.1) is 11.8 Å². The highest BCUT2D eigenvalue weighted by Gasteiger charge is 2.45. The normalized spacial score (nSPS) is 23.5. The topological polar surface area (TPSA) is 69.2 Å². The van der Waals surface area contributed by atoms with E-state index in [1.54, 1.807) is 0 Å². The number of aromatic nitrogens is 3. The maximum Gasteiger partial charge on any atom is 0.227 e. The molecular formula is C18H23N7. The highest BCUT2D eigenvalue weighted by molar-refractivity contribution is 5.77. The zero-order chi connectivity index (χ0) is 17.0. The van der Waals surface area contributed by atoms with Gasteiger partial charge in [-0.25, -0.2) is 9.97 Å². The summed E-state index contributed by atoms with van der Waals surface area (Å²) in [5.41, 5.74) is 2.26. The molecule has 1 saturated heterocycles. The average Bonchev–Trinajstić information content (AvgIpc) is 3.04. The molecule has 2 aliphatic heterocycles.